The zero-order valence-corrected chi connectivity index (χ0v) is 13.2. The van der Waals surface area contributed by atoms with Crippen LogP contribution in [0.25, 0.3) is 0 Å². The van der Waals surface area contributed by atoms with E-state index in [0.29, 0.717) is 5.56 Å². The van der Waals surface area contributed by atoms with Crippen molar-refractivity contribution < 1.29 is 9.90 Å². The van der Waals surface area contributed by atoms with Crippen molar-refractivity contribution in [2.75, 3.05) is 0 Å². The Balaban J connectivity index is 2.12. The summed E-state index contributed by atoms with van der Waals surface area (Å²) in [5, 5.41) is 11.2. The van der Waals surface area contributed by atoms with E-state index in [9.17, 15) is 9.90 Å². The van der Waals surface area contributed by atoms with E-state index < -0.39 is 5.60 Å². The van der Waals surface area contributed by atoms with Crippen LogP contribution in [-0.4, -0.2) is 21.5 Å². The van der Waals surface area contributed by atoms with Gasteiger partial charge in [-0.3, -0.25) is 4.79 Å². The first-order valence-electron chi connectivity index (χ1n) is 7.53. The van der Waals surface area contributed by atoms with E-state index in [0.717, 1.165) is 5.56 Å². The van der Waals surface area contributed by atoms with Crippen LogP contribution in [0.15, 0.2) is 60.7 Å². The molecule has 3 heteroatoms. The highest BCUT2D eigenvalue weighted by molar-refractivity contribution is 5.95. The minimum atomic E-state index is -1.49. The normalized spacial score (nSPS) is 25.0. The van der Waals surface area contributed by atoms with Crippen molar-refractivity contribution in [1.29, 1.82) is 0 Å². The molecule has 0 aliphatic carbocycles. The number of hydrogen-bond acceptors (Lipinski definition) is 2. The fourth-order valence-corrected chi connectivity index (χ4v) is 3.23. The second kappa shape index (κ2) is 4.96. The maximum Gasteiger partial charge on any atom is 0.262 e. The summed E-state index contributed by atoms with van der Waals surface area (Å²) in [5.41, 5.74) is -0.244. The summed E-state index contributed by atoms with van der Waals surface area (Å²) in [7, 11) is 0. The fourth-order valence-electron chi connectivity index (χ4n) is 3.23. The number of rotatable bonds is 2. The average molecular weight is 295 g/mol. The molecule has 2 atom stereocenters. The first-order chi connectivity index (χ1) is 10.4. The Morgan fingerprint density at radius 2 is 1.45 bits per heavy atom. The maximum absolute atomic E-state index is 12.8. The molecule has 1 aliphatic rings. The molecule has 1 saturated heterocycles. The van der Waals surface area contributed by atoms with Crippen LogP contribution in [-0.2, 0) is 10.4 Å². The molecule has 2 aromatic carbocycles. The van der Waals surface area contributed by atoms with Gasteiger partial charge in [-0.05, 0) is 31.9 Å². The Bertz CT molecular complexity index is 676. The van der Waals surface area contributed by atoms with Gasteiger partial charge in [0, 0.05) is 5.54 Å². The summed E-state index contributed by atoms with van der Waals surface area (Å²) in [5.74, 6) is -0.236. The molecule has 22 heavy (non-hydrogen) atoms. The fraction of sp³-hybridized carbons (Fsp3) is 0.316. The molecule has 0 saturated carbocycles. The zero-order chi connectivity index (χ0) is 16.0. The Kier molecular flexibility index (Phi) is 3.33. The second-order valence-electron chi connectivity index (χ2n) is 6.79. The van der Waals surface area contributed by atoms with Crippen LogP contribution in [0, 0.1) is 0 Å². The molecule has 0 spiro atoms. The van der Waals surface area contributed by atoms with Gasteiger partial charge < -0.3 is 10.0 Å². The van der Waals surface area contributed by atoms with Gasteiger partial charge in [0.2, 0.25) is 0 Å². The topological polar surface area (TPSA) is 40.5 Å². The van der Waals surface area contributed by atoms with Gasteiger partial charge >= 0.3 is 0 Å². The molecule has 1 aliphatic heterocycles. The molecule has 3 rings (SSSR count). The zero-order valence-electron chi connectivity index (χ0n) is 13.2. The summed E-state index contributed by atoms with van der Waals surface area (Å²) < 4.78 is 0. The van der Waals surface area contributed by atoms with Crippen molar-refractivity contribution in [1.82, 2.24) is 4.90 Å². The molecular weight excluding hydrogens is 274 g/mol. The number of carbonyl (C=O) groups excluding carboxylic acids is 1. The number of nitrogens with zero attached hydrogens (tertiary/aromatic N) is 1. The standard InChI is InChI=1S/C19H21NO2/c1-18(2,3)20-16(14-10-6-4-7-11-14)19(22,17(20)21)15-12-8-5-9-13-15/h4-13,16,22H,1-3H3/t16-,19-/m1/s1. The van der Waals surface area contributed by atoms with Gasteiger partial charge in [0.25, 0.3) is 5.91 Å². The average Bonchev–Trinajstić information content (AvgIpc) is 2.51. The Morgan fingerprint density at radius 3 is 1.95 bits per heavy atom. The molecule has 3 nitrogen and oxygen atoms in total. The number of likely N-dealkylation sites (tertiary alicyclic amines) is 1. The summed E-state index contributed by atoms with van der Waals surface area (Å²) in [6.45, 7) is 5.97. The number of β-lactam (4-membered cyclic amide) rings is 1. The minimum Gasteiger partial charge on any atom is -0.373 e. The summed E-state index contributed by atoms with van der Waals surface area (Å²) >= 11 is 0. The number of benzene rings is 2. The Morgan fingerprint density at radius 1 is 0.955 bits per heavy atom. The SMILES string of the molecule is CC(C)(C)N1C(=O)[C@@](O)(c2ccccc2)[C@H]1c1ccccc1. The highest BCUT2D eigenvalue weighted by Gasteiger charge is 2.63. The Hall–Kier alpha value is -2.13. The number of hydrogen-bond donors (Lipinski definition) is 1. The molecule has 0 aromatic heterocycles. The van der Waals surface area contributed by atoms with Crippen LogP contribution in [0.1, 0.15) is 37.9 Å². The highest BCUT2D eigenvalue weighted by atomic mass is 16.3. The van der Waals surface area contributed by atoms with Gasteiger partial charge in [-0.25, -0.2) is 0 Å². The van der Waals surface area contributed by atoms with Crippen molar-refractivity contribution in [3.05, 3.63) is 71.8 Å². The van der Waals surface area contributed by atoms with Gasteiger partial charge in [-0.2, -0.15) is 0 Å². The smallest absolute Gasteiger partial charge is 0.262 e. The lowest BCUT2D eigenvalue weighted by molar-refractivity contribution is -0.209. The molecule has 0 bridgehead atoms. The molecule has 1 amide bonds. The van der Waals surface area contributed by atoms with E-state index in [2.05, 4.69) is 0 Å². The predicted octanol–water partition coefficient (Wildman–Crippen LogP) is 3.26. The summed E-state index contributed by atoms with van der Waals surface area (Å²) in [6, 6.07) is 18.6. The molecule has 114 valence electrons. The van der Waals surface area contributed by atoms with Crippen LogP contribution in [0.5, 0.6) is 0 Å². The lowest BCUT2D eigenvalue weighted by Crippen LogP contribution is -2.70. The van der Waals surface area contributed by atoms with Gasteiger partial charge in [0.05, 0.1) is 6.04 Å². The molecular formula is C19H21NO2. The number of aliphatic hydroxyl groups is 1. The molecule has 2 aromatic rings. The van der Waals surface area contributed by atoms with Gasteiger partial charge in [-0.1, -0.05) is 60.7 Å². The van der Waals surface area contributed by atoms with Crippen molar-refractivity contribution >= 4 is 5.91 Å². The summed E-state index contributed by atoms with van der Waals surface area (Å²) in [6.07, 6.45) is 0. The highest BCUT2D eigenvalue weighted by Crippen LogP contribution is 2.52. The first kappa shape index (κ1) is 14.8. The summed E-state index contributed by atoms with van der Waals surface area (Å²) in [4.78, 5) is 14.6. The van der Waals surface area contributed by atoms with Crippen molar-refractivity contribution in [3.8, 4) is 0 Å². The van der Waals surface area contributed by atoms with E-state index in [1.807, 2.05) is 81.4 Å². The molecule has 1 fully saturated rings. The van der Waals surface area contributed by atoms with Crippen molar-refractivity contribution in [3.63, 3.8) is 0 Å². The van der Waals surface area contributed by atoms with E-state index >= 15 is 0 Å². The van der Waals surface area contributed by atoms with Crippen molar-refractivity contribution in [2.45, 2.75) is 38.0 Å². The van der Waals surface area contributed by atoms with Crippen LogP contribution in [0.4, 0.5) is 0 Å². The molecule has 0 radical (unpaired) electrons. The minimum absolute atomic E-state index is 0.236. The molecule has 0 unspecified atom stereocenters. The Labute approximate surface area is 131 Å². The van der Waals surface area contributed by atoms with E-state index in [4.69, 9.17) is 0 Å². The van der Waals surface area contributed by atoms with Crippen LogP contribution >= 0.6 is 0 Å². The lowest BCUT2D eigenvalue weighted by Gasteiger charge is -2.58. The number of amides is 1. The second-order valence-corrected chi connectivity index (χ2v) is 6.79. The van der Waals surface area contributed by atoms with Gasteiger partial charge in [0.1, 0.15) is 0 Å². The molecule has 1 heterocycles. The number of carbonyl (C=O) groups is 1. The van der Waals surface area contributed by atoms with Gasteiger partial charge in [-0.15, -0.1) is 0 Å². The maximum atomic E-state index is 12.8. The quantitative estimate of drug-likeness (QED) is 0.864. The van der Waals surface area contributed by atoms with E-state index in [-0.39, 0.29) is 17.5 Å². The first-order valence-corrected chi connectivity index (χ1v) is 7.53. The predicted molar refractivity (Wildman–Crippen MR) is 86.1 cm³/mol. The monoisotopic (exact) mass is 295 g/mol. The van der Waals surface area contributed by atoms with E-state index in [1.165, 1.54) is 0 Å². The molecule has 1 N–H and O–H groups in total. The van der Waals surface area contributed by atoms with Crippen molar-refractivity contribution in [2.24, 2.45) is 0 Å². The lowest BCUT2D eigenvalue weighted by atomic mass is 9.71. The largest absolute Gasteiger partial charge is 0.373 e. The third-order valence-electron chi connectivity index (χ3n) is 4.25. The van der Waals surface area contributed by atoms with E-state index in [1.54, 1.807) is 4.90 Å². The van der Waals surface area contributed by atoms with Gasteiger partial charge in [0.15, 0.2) is 5.60 Å². The van der Waals surface area contributed by atoms with Crippen LogP contribution < -0.4 is 0 Å². The third kappa shape index (κ3) is 2.04. The van der Waals surface area contributed by atoms with Crippen LogP contribution in [0.3, 0.4) is 0 Å². The van der Waals surface area contributed by atoms with Crippen LogP contribution in [0.2, 0.25) is 0 Å². The third-order valence-corrected chi connectivity index (χ3v) is 4.25.